The molecule has 14 heteroatoms. The Morgan fingerprint density at radius 3 is 2.57 bits per heavy atom. The average molecular weight is 660 g/mol. The maximum atomic E-state index is 14.4. The number of imidazole rings is 1. The number of ether oxygens (including phenoxy) is 2. The summed E-state index contributed by atoms with van der Waals surface area (Å²) in [7, 11) is -3.70. The smallest absolute Gasteiger partial charge is 0.264 e. The lowest BCUT2D eigenvalue weighted by Gasteiger charge is -2.41. The highest BCUT2D eigenvalue weighted by atomic mass is 32.2. The van der Waals surface area contributed by atoms with Gasteiger partial charge in [0.1, 0.15) is 24.1 Å². The number of halogens is 1. The first kappa shape index (κ1) is 31.0. The molecule has 3 fully saturated rings. The molecule has 7 rings (SSSR count). The number of nitrogens with one attached hydrogen (secondary N) is 1. The van der Waals surface area contributed by atoms with Crippen LogP contribution in [0.25, 0.3) is 11.0 Å². The van der Waals surface area contributed by atoms with Crippen LogP contribution in [0.5, 0.6) is 5.88 Å². The molecule has 0 aliphatic carbocycles. The number of benzene rings is 2. The zero-order chi connectivity index (χ0) is 32.7. The Morgan fingerprint density at radius 1 is 1.11 bits per heavy atom. The SMILES string of the molecule is CS(=O)(=O)NC(=O)c1ccc2nc(CN3CC4CCC(C3)N4c3cccc(OCc4ccc(C#N)cc4F)n3)n(C[C@@H]3CCO3)c2c1. The van der Waals surface area contributed by atoms with Gasteiger partial charge in [0, 0.05) is 49.0 Å². The fourth-order valence-corrected chi connectivity index (χ4v) is 7.16. The van der Waals surface area contributed by atoms with Crippen molar-refractivity contribution in [1.82, 2.24) is 24.2 Å². The van der Waals surface area contributed by atoms with Crippen LogP contribution in [0.1, 0.15) is 46.6 Å². The molecule has 1 N–H and O–H groups in total. The van der Waals surface area contributed by atoms with Crippen LogP contribution in [0.15, 0.2) is 54.6 Å². The highest BCUT2D eigenvalue weighted by Gasteiger charge is 2.41. The molecule has 3 saturated heterocycles. The van der Waals surface area contributed by atoms with Crippen molar-refractivity contribution in [2.45, 2.75) is 57.1 Å². The number of hydrogen-bond acceptors (Lipinski definition) is 10. The predicted octanol–water partition coefficient (Wildman–Crippen LogP) is 3.35. The third-order valence-electron chi connectivity index (χ3n) is 9.00. The number of likely N-dealkylation sites (tertiary alicyclic amines) is 1. The van der Waals surface area contributed by atoms with Crippen molar-refractivity contribution in [1.29, 1.82) is 5.26 Å². The predicted molar refractivity (Wildman–Crippen MR) is 171 cm³/mol. The number of piperazine rings is 1. The standard InChI is InChI=1S/C33H34FN7O5S/c1-47(43,44)38-33(42)22-7-10-28-29(14-22)40(18-26-11-12-45-26)31(36-28)19-39-16-24-8-9-25(17-39)41(24)30-3-2-4-32(37-30)46-20-23-6-5-21(15-35)13-27(23)34/h2-7,10,13-14,24-26H,8-9,11-12,16-20H2,1H3,(H,38,42)/t24?,25?,26-/m0/s1. The van der Waals surface area contributed by atoms with Crippen LogP contribution in [-0.4, -0.2) is 77.9 Å². The van der Waals surface area contributed by atoms with E-state index in [0.717, 1.165) is 61.3 Å². The molecule has 12 nitrogen and oxygen atoms in total. The fourth-order valence-electron chi connectivity index (χ4n) is 6.70. The summed E-state index contributed by atoms with van der Waals surface area (Å²) in [6.45, 7) is 3.55. The zero-order valence-electron chi connectivity index (χ0n) is 25.8. The molecule has 2 bridgehead atoms. The number of nitriles is 1. The molecule has 3 aliphatic heterocycles. The summed E-state index contributed by atoms with van der Waals surface area (Å²) in [5, 5.41) is 8.99. The highest BCUT2D eigenvalue weighted by Crippen LogP contribution is 2.35. The summed E-state index contributed by atoms with van der Waals surface area (Å²) >= 11 is 0. The second-order valence-corrected chi connectivity index (χ2v) is 14.1. The molecule has 2 unspecified atom stereocenters. The Balaban J connectivity index is 1.07. The highest BCUT2D eigenvalue weighted by molar-refractivity contribution is 7.89. The summed E-state index contributed by atoms with van der Waals surface area (Å²) < 4.78 is 53.4. The number of fused-ring (bicyclic) bond motifs is 3. The number of aromatic nitrogens is 3. The van der Waals surface area contributed by atoms with Crippen molar-refractivity contribution in [2.75, 3.05) is 30.9 Å². The van der Waals surface area contributed by atoms with Crippen LogP contribution < -0.4 is 14.4 Å². The van der Waals surface area contributed by atoms with Crippen molar-refractivity contribution in [2.24, 2.45) is 0 Å². The van der Waals surface area contributed by atoms with Gasteiger partial charge in [-0.25, -0.2) is 22.5 Å². The number of pyridine rings is 1. The number of hydrogen-bond donors (Lipinski definition) is 1. The molecule has 2 aromatic carbocycles. The summed E-state index contributed by atoms with van der Waals surface area (Å²) in [5.74, 6) is 0.934. The maximum absolute atomic E-state index is 14.4. The number of amides is 1. The first-order valence-electron chi connectivity index (χ1n) is 15.6. The molecule has 0 radical (unpaired) electrons. The molecule has 1 amide bonds. The largest absolute Gasteiger partial charge is 0.473 e. The van der Waals surface area contributed by atoms with Gasteiger partial charge >= 0.3 is 0 Å². The molecule has 244 valence electrons. The lowest BCUT2D eigenvalue weighted by Crippen LogP contribution is -2.54. The van der Waals surface area contributed by atoms with Gasteiger partial charge in [0.2, 0.25) is 15.9 Å². The molecular formula is C33H34FN7O5S. The van der Waals surface area contributed by atoms with Crippen molar-refractivity contribution in [3.63, 3.8) is 0 Å². The van der Waals surface area contributed by atoms with Gasteiger partial charge in [0.15, 0.2) is 0 Å². The second kappa shape index (κ2) is 12.6. The van der Waals surface area contributed by atoms with Crippen LogP contribution in [0.2, 0.25) is 0 Å². The van der Waals surface area contributed by atoms with Crippen molar-refractivity contribution in [3.05, 3.63) is 82.9 Å². The van der Waals surface area contributed by atoms with Gasteiger partial charge in [-0.2, -0.15) is 10.2 Å². The van der Waals surface area contributed by atoms with E-state index in [4.69, 9.17) is 24.7 Å². The Kier molecular flexibility index (Phi) is 8.29. The van der Waals surface area contributed by atoms with Gasteiger partial charge < -0.3 is 18.9 Å². The number of carbonyl (C=O) groups excluding carboxylic acids is 1. The van der Waals surface area contributed by atoms with E-state index in [1.807, 2.05) is 22.9 Å². The molecule has 0 saturated carbocycles. The Morgan fingerprint density at radius 2 is 1.89 bits per heavy atom. The molecule has 47 heavy (non-hydrogen) atoms. The monoisotopic (exact) mass is 659 g/mol. The van der Waals surface area contributed by atoms with E-state index in [1.165, 1.54) is 6.07 Å². The minimum atomic E-state index is -3.70. The van der Waals surface area contributed by atoms with Crippen molar-refractivity contribution >= 4 is 32.8 Å². The van der Waals surface area contributed by atoms with E-state index < -0.39 is 21.7 Å². The van der Waals surface area contributed by atoms with Crippen LogP contribution >= 0.6 is 0 Å². The molecule has 0 spiro atoms. The Bertz CT molecular complexity index is 1980. The quantitative estimate of drug-likeness (QED) is 0.269. The van der Waals surface area contributed by atoms with Crippen LogP contribution in [0, 0.1) is 17.1 Å². The Hall–Kier alpha value is -4.58. The fraction of sp³-hybridized carbons (Fsp3) is 0.394. The van der Waals surface area contributed by atoms with Gasteiger partial charge in [-0.1, -0.05) is 12.1 Å². The van der Waals surface area contributed by atoms with E-state index in [0.29, 0.717) is 31.1 Å². The normalized spacial score (nSPS) is 21.0. The first-order valence-corrected chi connectivity index (χ1v) is 17.4. The second-order valence-electron chi connectivity index (χ2n) is 12.4. The average Bonchev–Trinajstić information content (AvgIpc) is 3.49. The van der Waals surface area contributed by atoms with E-state index in [9.17, 15) is 17.6 Å². The summed E-state index contributed by atoms with van der Waals surface area (Å²) in [5.41, 5.74) is 2.36. The summed E-state index contributed by atoms with van der Waals surface area (Å²) in [6.07, 6.45) is 4.00. The van der Waals surface area contributed by atoms with Gasteiger partial charge in [-0.05, 0) is 55.7 Å². The number of anilines is 1. The minimum Gasteiger partial charge on any atom is -0.473 e. The number of carbonyl (C=O) groups is 1. The molecule has 5 heterocycles. The minimum absolute atomic E-state index is 0.00535. The topological polar surface area (TPSA) is 143 Å². The van der Waals surface area contributed by atoms with Crippen molar-refractivity contribution < 1.29 is 27.1 Å². The summed E-state index contributed by atoms with van der Waals surface area (Å²) in [6, 6.07) is 17.4. The van der Waals surface area contributed by atoms with E-state index in [2.05, 4.69) is 14.4 Å². The number of nitrogens with zero attached hydrogens (tertiary/aromatic N) is 6. The van der Waals surface area contributed by atoms with Gasteiger partial charge in [0.25, 0.3) is 5.91 Å². The van der Waals surface area contributed by atoms with E-state index in [1.54, 1.807) is 36.4 Å². The van der Waals surface area contributed by atoms with Gasteiger partial charge in [-0.3, -0.25) is 9.69 Å². The van der Waals surface area contributed by atoms with E-state index >= 15 is 0 Å². The first-order chi connectivity index (χ1) is 22.6. The lowest BCUT2D eigenvalue weighted by atomic mass is 10.1. The lowest BCUT2D eigenvalue weighted by molar-refractivity contribution is -0.0592. The van der Waals surface area contributed by atoms with E-state index in [-0.39, 0.29) is 35.9 Å². The molecule has 4 aromatic rings. The molecule has 3 atom stereocenters. The summed E-state index contributed by atoms with van der Waals surface area (Å²) in [4.78, 5) is 27.1. The number of rotatable bonds is 10. The van der Waals surface area contributed by atoms with Gasteiger partial charge in [-0.15, -0.1) is 0 Å². The molecule has 3 aliphatic rings. The van der Waals surface area contributed by atoms with Gasteiger partial charge in [0.05, 0.1) is 48.1 Å². The Labute approximate surface area is 271 Å². The maximum Gasteiger partial charge on any atom is 0.264 e. The van der Waals surface area contributed by atoms with Crippen molar-refractivity contribution in [3.8, 4) is 11.9 Å². The molecular weight excluding hydrogens is 625 g/mol. The third kappa shape index (κ3) is 6.64. The van der Waals surface area contributed by atoms with Crippen LogP contribution in [-0.2, 0) is 34.5 Å². The number of sulfonamides is 1. The van der Waals surface area contributed by atoms with Crippen LogP contribution in [0.4, 0.5) is 10.2 Å². The third-order valence-corrected chi connectivity index (χ3v) is 9.56. The molecule has 2 aromatic heterocycles. The zero-order valence-corrected chi connectivity index (χ0v) is 26.6. The van der Waals surface area contributed by atoms with Crippen LogP contribution in [0.3, 0.4) is 0 Å².